The first-order valence-electron chi connectivity index (χ1n) is 7.54. The molecule has 1 aliphatic rings. The summed E-state index contributed by atoms with van der Waals surface area (Å²) in [5, 5.41) is 7.50. The van der Waals surface area contributed by atoms with Crippen molar-refractivity contribution >= 4 is 5.84 Å². The molecule has 2 rings (SSSR count). The normalized spacial score (nSPS) is 19.9. The first-order chi connectivity index (χ1) is 10.1. The van der Waals surface area contributed by atoms with Gasteiger partial charge in [0.1, 0.15) is 5.84 Å². The molecule has 1 aromatic rings. The molecule has 0 amide bonds. The Hall–Kier alpha value is -1.43. The molecule has 1 atom stereocenters. The molecule has 1 fully saturated rings. The Balaban J connectivity index is 1.88. The van der Waals surface area contributed by atoms with Gasteiger partial charge in [-0.3, -0.25) is 15.2 Å². The maximum Gasteiger partial charge on any atom is 0.122 e. The van der Waals surface area contributed by atoms with Gasteiger partial charge in [0.25, 0.3) is 0 Å². The number of likely N-dealkylation sites (N-methyl/N-ethyl adjacent to an activating group) is 2. The number of hydrogen-bond acceptors (Lipinski definition) is 4. The van der Waals surface area contributed by atoms with Crippen molar-refractivity contribution in [2.75, 3.05) is 39.8 Å². The summed E-state index contributed by atoms with van der Waals surface area (Å²) < 4.78 is 5.84. The monoisotopic (exact) mass is 290 g/mol. The molecule has 0 saturated carbocycles. The highest BCUT2D eigenvalue weighted by Crippen LogP contribution is 2.10. The summed E-state index contributed by atoms with van der Waals surface area (Å²) in [5.74, 6) is 0.119. The van der Waals surface area contributed by atoms with Crippen LogP contribution in [0.2, 0.25) is 0 Å². The highest BCUT2D eigenvalue weighted by Gasteiger charge is 2.20. The molecule has 0 radical (unpaired) electrons. The van der Waals surface area contributed by atoms with Crippen molar-refractivity contribution in [3.8, 4) is 0 Å². The van der Waals surface area contributed by atoms with E-state index in [4.69, 9.17) is 15.9 Å². The van der Waals surface area contributed by atoms with E-state index in [9.17, 15) is 0 Å². The molecule has 5 nitrogen and oxygen atoms in total. The van der Waals surface area contributed by atoms with Gasteiger partial charge in [-0.2, -0.15) is 0 Å². The Morgan fingerprint density at radius 3 is 3.05 bits per heavy atom. The van der Waals surface area contributed by atoms with Crippen LogP contribution in [-0.4, -0.2) is 61.6 Å². The third kappa shape index (κ3) is 4.81. The number of nitrogens with one attached hydrogen (secondary N) is 1. The van der Waals surface area contributed by atoms with Crippen molar-refractivity contribution in [1.82, 2.24) is 9.80 Å². The fraction of sp³-hybridized carbons (Fsp3) is 0.562. The second-order valence-electron chi connectivity index (χ2n) is 5.70. The first kappa shape index (κ1) is 15.9. The van der Waals surface area contributed by atoms with Crippen LogP contribution in [0.5, 0.6) is 0 Å². The zero-order valence-electron chi connectivity index (χ0n) is 13.0. The van der Waals surface area contributed by atoms with Crippen LogP contribution < -0.4 is 5.73 Å². The summed E-state index contributed by atoms with van der Waals surface area (Å²) >= 11 is 0. The topological polar surface area (TPSA) is 65.6 Å². The molecule has 0 bridgehead atoms. The lowest BCUT2D eigenvalue weighted by atomic mass is 10.1. The van der Waals surface area contributed by atoms with Crippen molar-refractivity contribution in [3.63, 3.8) is 0 Å². The predicted octanol–water partition coefficient (Wildman–Crippen LogP) is 1.12. The van der Waals surface area contributed by atoms with E-state index in [-0.39, 0.29) is 11.9 Å². The SMILES string of the molecule is CCN1CCOC(CN(C)Cc2cccc(C(=N)N)c2)C1. The zero-order chi connectivity index (χ0) is 15.2. The van der Waals surface area contributed by atoms with E-state index in [0.717, 1.165) is 44.9 Å². The molecule has 116 valence electrons. The summed E-state index contributed by atoms with van der Waals surface area (Å²) in [6.45, 7) is 7.91. The van der Waals surface area contributed by atoms with Crippen LogP contribution in [0.1, 0.15) is 18.1 Å². The number of ether oxygens (including phenoxy) is 1. The van der Waals surface area contributed by atoms with Crippen LogP contribution in [0.3, 0.4) is 0 Å². The standard InChI is InChI=1S/C16H26N4O/c1-3-20-7-8-21-15(12-20)11-19(2)10-13-5-4-6-14(9-13)16(17)18/h4-6,9,15H,3,7-8,10-12H2,1-2H3,(H3,17,18). The molecular weight excluding hydrogens is 264 g/mol. The second kappa shape index (κ2) is 7.54. The summed E-state index contributed by atoms with van der Waals surface area (Å²) in [6, 6.07) is 7.88. The van der Waals surface area contributed by atoms with Crippen LogP contribution in [-0.2, 0) is 11.3 Å². The van der Waals surface area contributed by atoms with Crippen molar-refractivity contribution in [1.29, 1.82) is 5.41 Å². The lowest BCUT2D eigenvalue weighted by molar-refractivity contribution is -0.0397. The Labute approximate surface area is 127 Å². The molecule has 1 aromatic carbocycles. The van der Waals surface area contributed by atoms with Gasteiger partial charge in [0.15, 0.2) is 0 Å². The van der Waals surface area contributed by atoms with Gasteiger partial charge in [-0.25, -0.2) is 0 Å². The fourth-order valence-corrected chi connectivity index (χ4v) is 2.74. The Kier molecular flexibility index (Phi) is 5.73. The van der Waals surface area contributed by atoms with Gasteiger partial charge >= 0.3 is 0 Å². The quantitative estimate of drug-likeness (QED) is 0.609. The summed E-state index contributed by atoms with van der Waals surface area (Å²) in [5.41, 5.74) is 7.50. The van der Waals surface area contributed by atoms with Crippen LogP contribution in [0.15, 0.2) is 24.3 Å². The van der Waals surface area contributed by atoms with Crippen molar-refractivity contribution in [3.05, 3.63) is 35.4 Å². The number of nitrogens with two attached hydrogens (primary N) is 1. The minimum atomic E-state index is 0.119. The zero-order valence-corrected chi connectivity index (χ0v) is 13.0. The molecule has 1 heterocycles. The van der Waals surface area contributed by atoms with Gasteiger partial charge < -0.3 is 10.5 Å². The second-order valence-corrected chi connectivity index (χ2v) is 5.70. The molecule has 5 heteroatoms. The van der Waals surface area contributed by atoms with Gasteiger partial charge in [-0.05, 0) is 25.2 Å². The van der Waals surface area contributed by atoms with Crippen LogP contribution in [0.25, 0.3) is 0 Å². The number of nitrogen functional groups attached to an aromatic ring is 1. The number of nitrogens with zero attached hydrogens (tertiary/aromatic N) is 2. The maximum atomic E-state index is 7.50. The summed E-state index contributed by atoms with van der Waals surface area (Å²) in [4.78, 5) is 4.70. The van der Waals surface area contributed by atoms with E-state index in [1.807, 2.05) is 18.2 Å². The Bertz CT molecular complexity index is 477. The van der Waals surface area contributed by atoms with Gasteiger partial charge in [-0.15, -0.1) is 0 Å². The minimum absolute atomic E-state index is 0.119. The molecule has 1 saturated heterocycles. The number of morpholine rings is 1. The van der Waals surface area contributed by atoms with Crippen molar-refractivity contribution < 1.29 is 4.74 Å². The minimum Gasteiger partial charge on any atom is -0.384 e. The van der Waals surface area contributed by atoms with E-state index in [0.29, 0.717) is 0 Å². The van der Waals surface area contributed by atoms with Gasteiger partial charge in [-0.1, -0.05) is 25.1 Å². The largest absolute Gasteiger partial charge is 0.384 e. The van der Waals surface area contributed by atoms with E-state index >= 15 is 0 Å². The smallest absolute Gasteiger partial charge is 0.122 e. The molecule has 1 aliphatic heterocycles. The Morgan fingerprint density at radius 2 is 2.33 bits per heavy atom. The average Bonchev–Trinajstić information content (AvgIpc) is 2.47. The number of hydrogen-bond donors (Lipinski definition) is 2. The molecule has 1 unspecified atom stereocenters. The number of benzene rings is 1. The molecule has 0 spiro atoms. The van der Waals surface area contributed by atoms with Crippen LogP contribution >= 0.6 is 0 Å². The Morgan fingerprint density at radius 1 is 1.52 bits per heavy atom. The molecule has 3 N–H and O–H groups in total. The number of rotatable bonds is 6. The average molecular weight is 290 g/mol. The summed E-state index contributed by atoms with van der Waals surface area (Å²) in [7, 11) is 2.11. The van der Waals surface area contributed by atoms with Gasteiger partial charge in [0.2, 0.25) is 0 Å². The lowest BCUT2D eigenvalue weighted by Crippen LogP contribution is -2.46. The molecule has 21 heavy (non-hydrogen) atoms. The highest BCUT2D eigenvalue weighted by atomic mass is 16.5. The summed E-state index contributed by atoms with van der Waals surface area (Å²) in [6.07, 6.45) is 0.277. The lowest BCUT2D eigenvalue weighted by Gasteiger charge is -2.34. The molecule has 0 aliphatic carbocycles. The van der Waals surface area contributed by atoms with Crippen molar-refractivity contribution in [2.24, 2.45) is 5.73 Å². The van der Waals surface area contributed by atoms with E-state index < -0.39 is 0 Å². The molecule has 0 aromatic heterocycles. The van der Waals surface area contributed by atoms with Crippen LogP contribution in [0.4, 0.5) is 0 Å². The van der Waals surface area contributed by atoms with E-state index in [1.165, 1.54) is 5.56 Å². The first-order valence-corrected chi connectivity index (χ1v) is 7.54. The highest BCUT2D eigenvalue weighted by molar-refractivity contribution is 5.95. The van der Waals surface area contributed by atoms with Gasteiger partial charge in [0, 0.05) is 31.7 Å². The predicted molar refractivity (Wildman–Crippen MR) is 85.6 cm³/mol. The maximum absolute atomic E-state index is 7.50. The van der Waals surface area contributed by atoms with Crippen molar-refractivity contribution in [2.45, 2.75) is 19.6 Å². The third-order valence-electron chi connectivity index (χ3n) is 3.88. The third-order valence-corrected chi connectivity index (χ3v) is 3.88. The van der Waals surface area contributed by atoms with E-state index in [1.54, 1.807) is 0 Å². The molecular formula is C16H26N4O. The fourth-order valence-electron chi connectivity index (χ4n) is 2.74. The van der Waals surface area contributed by atoms with E-state index in [2.05, 4.69) is 29.8 Å². The van der Waals surface area contributed by atoms with Gasteiger partial charge in [0.05, 0.1) is 12.7 Å². The number of amidine groups is 1. The van der Waals surface area contributed by atoms with Crippen LogP contribution in [0, 0.1) is 5.41 Å².